The number of carbonyl (C=O) groups excluding carboxylic acids is 1. The second kappa shape index (κ2) is 7.83. The molecule has 0 radical (unpaired) electrons. The van der Waals surface area contributed by atoms with Gasteiger partial charge in [0, 0.05) is 57.8 Å². The van der Waals surface area contributed by atoms with Crippen molar-refractivity contribution in [3.05, 3.63) is 11.7 Å². The zero-order chi connectivity index (χ0) is 17.1. The highest BCUT2D eigenvalue weighted by molar-refractivity contribution is 5.79. The third-order valence-electron chi connectivity index (χ3n) is 5.69. The minimum absolute atomic E-state index is 0.151. The average Bonchev–Trinajstić information content (AvgIpc) is 3.33. The van der Waals surface area contributed by atoms with Crippen molar-refractivity contribution >= 4 is 5.91 Å². The molecule has 0 bridgehead atoms. The molecule has 3 saturated heterocycles. The van der Waals surface area contributed by atoms with Crippen LogP contribution in [0.2, 0.25) is 0 Å². The maximum atomic E-state index is 12.6. The monoisotopic (exact) mass is 349 g/mol. The summed E-state index contributed by atoms with van der Waals surface area (Å²) in [6, 6.07) is 0. The number of hydrogen-bond acceptors (Lipinski definition) is 6. The van der Waals surface area contributed by atoms with Crippen molar-refractivity contribution in [3.8, 4) is 0 Å². The molecule has 0 aliphatic carbocycles. The lowest BCUT2D eigenvalue weighted by Crippen LogP contribution is -2.37. The van der Waals surface area contributed by atoms with Gasteiger partial charge >= 0.3 is 0 Å². The molecule has 1 aromatic rings. The summed E-state index contributed by atoms with van der Waals surface area (Å²) >= 11 is 0. The normalized spacial score (nSPS) is 26.2. The van der Waals surface area contributed by atoms with Gasteiger partial charge in [0.1, 0.15) is 0 Å². The summed E-state index contributed by atoms with van der Waals surface area (Å²) in [7, 11) is 0. The van der Waals surface area contributed by atoms with Crippen LogP contribution in [-0.2, 0) is 20.7 Å². The van der Waals surface area contributed by atoms with E-state index in [1.54, 1.807) is 0 Å². The van der Waals surface area contributed by atoms with E-state index in [9.17, 15) is 4.79 Å². The molecule has 4 heterocycles. The van der Waals surface area contributed by atoms with Crippen LogP contribution in [0.25, 0.3) is 0 Å². The van der Waals surface area contributed by atoms with Crippen LogP contribution in [0.5, 0.6) is 0 Å². The lowest BCUT2D eigenvalue weighted by atomic mass is 9.98. The van der Waals surface area contributed by atoms with Crippen LogP contribution in [0.3, 0.4) is 0 Å². The Kier molecular flexibility index (Phi) is 5.31. The Balaban J connectivity index is 1.29. The molecule has 7 heteroatoms. The molecule has 3 aliphatic heterocycles. The van der Waals surface area contributed by atoms with Gasteiger partial charge in [-0.05, 0) is 38.0 Å². The lowest BCUT2D eigenvalue weighted by molar-refractivity contribution is -0.137. The van der Waals surface area contributed by atoms with E-state index in [0.29, 0.717) is 31.0 Å². The largest absolute Gasteiger partial charge is 0.381 e. The van der Waals surface area contributed by atoms with E-state index >= 15 is 0 Å². The third kappa shape index (κ3) is 4.03. The van der Waals surface area contributed by atoms with Crippen molar-refractivity contribution in [2.45, 2.75) is 44.4 Å². The van der Waals surface area contributed by atoms with Crippen molar-refractivity contribution < 1.29 is 18.8 Å². The van der Waals surface area contributed by atoms with Gasteiger partial charge < -0.3 is 18.9 Å². The topological polar surface area (TPSA) is 77.7 Å². The molecule has 1 amide bonds. The molecule has 0 N–H and O–H groups in total. The van der Waals surface area contributed by atoms with Gasteiger partial charge in [-0.1, -0.05) is 5.16 Å². The summed E-state index contributed by atoms with van der Waals surface area (Å²) in [5.41, 5.74) is 0. The molecule has 3 fully saturated rings. The first-order chi connectivity index (χ1) is 12.3. The second-order valence-corrected chi connectivity index (χ2v) is 7.47. The van der Waals surface area contributed by atoms with E-state index in [-0.39, 0.29) is 5.92 Å². The van der Waals surface area contributed by atoms with E-state index in [1.165, 1.54) is 0 Å². The number of ether oxygens (including phenoxy) is 2. The number of amides is 1. The minimum atomic E-state index is 0.151. The highest BCUT2D eigenvalue weighted by Gasteiger charge is 2.32. The van der Waals surface area contributed by atoms with Crippen LogP contribution >= 0.6 is 0 Å². The Morgan fingerprint density at radius 2 is 1.76 bits per heavy atom. The first-order valence-electron chi connectivity index (χ1n) is 9.56. The van der Waals surface area contributed by atoms with E-state index in [2.05, 4.69) is 10.1 Å². The molecule has 1 atom stereocenters. The van der Waals surface area contributed by atoms with Crippen LogP contribution in [0.1, 0.15) is 49.7 Å². The number of aromatic nitrogens is 2. The van der Waals surface area contributed by atoms with Gasteiger partial charge in [-0.15, -0.1) is 0 Å². The fourth-order valence-electron chi connectivity index (χ4n) is 4.12. The van der Waals surface area contributed by atoms with E-state index < -0.39 is 0 Å². The van der Waals surface area contributed by atoms with Gasteiger partial charge in [-0.25, -0.2) is 0 Å². The molecule has 25 heavy (non-hydrogen) atoms. The van der Waals surface area contributed by atoms with Gasteiger partial charge in [-0.3, -0.25) is 4.79 Å². The molecule has 1 aromatic heterocycles. The fraction of sp³-hybridized carbons (Fsp3) is 0.833. The van der Waals surface area contributed by atoms with Gasteiger partial charge in [0.15, 0.2) is 5.82 Å². The predicted molar refractivity (Wildman–Crippen MR) is 89.0 cm³/mol. The molecular formula is C18H27N3O4. The molecule has 4 rings (SSSR count). The zero-order valence-corrected chi connectivity index (χ0v) is 14.7. The molecular weight excluding hydrogens is 322 g/mol. The molecule has 7 nitrogen and oxygen atoms in total. The third-order valence-corrected chi connectivity index (χ3v) is 5.69. The van der Waals surface area contributed by atoms with Crippen LogP contribution in [0, 0.1) is 11.8 Å². The fourth-order valence-corrected chi connectivity index (χ4v) is 4.12. The Labute approximate surface area is 148 Å². The van der Waals surface area contributed by atoms with Gasteiger partial charge in [0.25, 0.3) is 0 Å². The van der Waals surface area contributed by atoms with Gasteiger partial charge in [0.05, 0.1) is 0 Å². The maximum absolute atomic E-state index is 12.6. The molecule has 138 valence electrons. The van der Waals surface area contributed by atoms with Crippen LogP contribution in [0.4, 0.5) is 0 Å². The number of hydrogen-bond donors (Lipinski definition) is 0. The molecule has 0 aromatic carbocycles. The quantitative estimate of drug-likeness (QED) is 0.825. The van der Waals surface area contributed by atoms with Gasteiger partial charge in [-0.2, -0.15) is 4.98 Å². The average molecular weight is 349 g/mol. The first kappa shape index (κ1) is 17.0. The Bertz CT molecular complexity index is 579. The number of rotatable bonds is 4. The summed E-state index contributed by atoms with van der Waals surface area (Å²) in [6.07, 6.45) is 5.45. The van der Waals surface area contributed by atoms with E-state index in [4.69, 9.17) is 14.0 Å². The SMILES string of the molecule is O=C(C1CCOCC1)N1CCC(Cc2noc(C3CCOCC3)n2)C1. The summed E-state index contributed by atoms with van der Waals surface area (Å²) in [4.78, 5) is 19.2. The first-order valence-corrected chi connectivity index (χ1v) is 9.56. The van der Waals surface area contributed by atoms with Crippen molar-refractivity contribution in [1.82, 2.24) is 15.0 Å². The molecule has 1 unspecified atom stereocenters. The highest BCUT2D eigenvalue weighted by Crippen LogP contribution is 2.27. The number of likely N-dealkylation sites (tertiary alicyclic amines) is 1. The van der Waals surface area contributed by atoms with Crippen LogP contribution in [0.15, 0.2) is 4.52 Å². The van der Waals surface area contributed by atoms with Crippen molar-refractivity contribution in [3.63, 3.8) is 0 Å². The molecule has 0 spiro atoms. The summed E-state index contributed by atoms with van der Waals surface area (Å²) < 4.78 is 16.2. The minimum Gasteiger partial charge on any atom is -0.381 e. The van der Waals surface area contributed by atoms with Crippen molar-refractivity contribution in [2.24, 2.45) is 11.8 Å². The smallest absolute Gasteiger partial charge is 0.229 e. The van der Waals surface area contributed by atoms with Crippen LogP contribution in [-0.4, -0.2) is 60.5 Å². The lowest BCUT2D eigenvalue weighted by Gasteiger charge is -2.26. The maximum Gasteiger partial charge on any atom is 0.229 e. The Hall–Kier alpha value is -1.47. The van der Waals surface area contributed by atoms with Crippen molar-refractivity contribution in [1.29, 1.82) is 0 Å². The molecule has 0 saturated carbocycles. The zero-order valence-electron chi connectivity index (χ0n) is 14.7. The highest BCUT2D eigenvalue weighted by atomic mass is 16.5. The van der Waals surface area contributed by atoms with E-state index in [0.717, 1.165) is 76.5 Å². The van der Waals surface area contributed by atoms with Gasteiger partial charge in [0.2, 0.25) is 11.8 Å². The summed E-state index contributed by atoms with van der Waals surface area (Å²) in [5.74, 6) is 2.77. The van der Waals surface area contributed by atoms with Crippen molar-refractivity contribution in [2.75, 3.05) is 39.5 Å². The number of nitrogens with zero attached hydrogens (tertiary/aromatic N) is 3. The molecule has 3 aliphatic rings. The van der Waals surface area contributed by atoms with E-state index in [1.807, 2.05) is 4.90 Å². The Morgan fingerprint density at radius 1 is 1.04 bits per heavy atom. The standard InChI is InChI=1S/C18H27N3O4/c22-18(15-4-9-24-10-5-15)21-6-1-13(12-21)11-16-19-17(25-20-16)14-2-7-23-8-3-14/h13-15H,1-12H2. The second-order valence-electron chi connectivity index (χ2n) is 7.47. The summed E-state index contributed by atoms with van der Waals surface area (Å²) in [5, 5.41) is 4.17. The van der Waals surface area contributed by atoms with Crippen LogP contribution < -0.4 is 0 Å². The Morgan fingerprint density at radius 3 is 2.52 bits per heavy atom. The predicted octanol–water partition coefficient (Wildman–Crippen LogP) is 1.78. The number of carbonyl (C=O) groups is 1. The summed E-state index contributed by atoms with van der Waals surface area (Å²) in [6.45, 7) is 4.64.